The Morgan fingerprint density at radius 2 is 2.15 bits per heavy atom. The van der Waals surface area contributed by atoms with Crippen LogP contribution in [-0.2, 0) is 19.2 Å². The molecule has 1 heterocycles. The Labute approximate surface area is 163 Å². The molecule has 0 aromatic heterocycles. The highest BCUT2D eigenvalue weighted by molar-refractivity contribution is 14.1. The number of methoxy groups -OCH3 is 1. The Bertz CT molecular complexity index is 711. The standard InChI is InChI=1S/C16H18IN3O6/c1-25-13-5-4-11(17)9-12(13)19-7-6-14(22)20(16(19)24)10-18-26-15(23)3-2-8-21/h4-5,8-9,18H,2-3,6-7,10H2,1H3. The van der Waals surface area contributed by atoms with Crippen molar-refractivity contribution in [2.75, 3.05) is 25.2 Å². The fourth-order valence-corrected chi connectivity index (χ4v) is 2.82. The third-order valence-corrected chi connectivity index (χ3v) is 4.29. The molecule has 0 bridgehead atoms. The minimum Gasteiger partial charge on any atom is -0.495 e. The molecule has 1 aliphatic heterocycles. The summed E-state index contributed by atoms with van der Waals surface area (Å²) in [7, 11) is 1.50. The second-order valence-corrected chi connectivity index (χ2v) is 6.55. The second-order valence-electron chi connectivity index (χ2n) is 5.30. The molecular formula is C16H18IN3O6. The monoisotopic (exact) mass is 475 g/mol. The van der Waals surface area contributed by atoms with Gasteiger partial charge in [0, 0.05) is 23.0 Å². The van der Waals surface area contributed by atoms with Crippen LogP contribution in [0.5, 0.6) is 5.75 Å². The van der Waals surface area contributed by atoms with E-state index in [-0.39, 0.29) is 38.4 Å². The smallest absolute Gasteiger partial charge is 0.332 e. The summed E-state index contributed by atoms with van der Waals surface area (Å²) in [5.41, 5.74) is 2.86. The van der Waals surface area contributed by atoms with Gasteiger partial charge in [-0.15, -0.1) is 5.48 Å². The lowest BCUT2D eigenvalue weighted by atomic mass is 10.2. The summed E-state index contributed by atoms with van der Waals surface area (Å²) in [6.07, 6.45) is 0.694. The quantitative estimate of drug-likeness (QED) is 0.345. The maximum atomic E-state index is 12.7. The zero-order chi connectivity index (χ0) is 19.1. The molecule has 0 aliphatic carbocycles. The van der Waals surface area contributed by atoms with E-state index in [0.717, 1.165) is 8.47 Å². The van der Waals surface area contributed by atoms with E-state index in [1.54, 1.807) is 12.1 Å². The van der Waals surface area contributed by atoms with Crippen LogP contribution in [0, 0.1) is 3.57 Å². The first-order valence-electron chi connectivity index (χ1n) is 7.79. The van der Waals surface area contributed by atoms with Crippen LogP contribution in [0.2, 0.25) is 0 Å². The number of hydroxylamine groups is 1. The summed E-state index contributed by atoms with van der Waals surface area (Å²) in [5, 5.41) is 0. The summed E-state index contributed by atoms with van der Waals surface area (Å²) < 4.78 is 6.21. The van der Waals surface area contributed by atoms with E-state index >= 15 is 0 Å². The third kappa shape index (κ3) is 4.91. The van der Waals surface area contributed by atoms with Gasteiger partial charge >= 0.3 is 12.0 Å². The molecule has 3 amide bonds. The molecule has 1 fully saturated rings. The number of hydrogen-bond donors (Lipinski definition) is 1. The highest BCUT2D eigenvalue weighted by Crippen LogP contribution is 2.32. The molecule has 1 aliphatic rings. The summed E-state index contributed by atoms with van der Waals surface area (Å²) in [6, 6.07) is 4.84. The Morgan fingerprint density at radius 3 is 2.85 bits per heavy atom. The lowest BCUT2D eigenvalue weighted by Crippen LogP contribution is -2.55. The van der Waals surface area contributed by atoms with Crippen molar-refractivity contribution in [1.29, 1.82) is 0 Å². The van der Waals surface area contributed by atoms with E-state index < -0.39 is 12.0 Å². The van der Waals surface area contributed by atoms with Crippen molar-refractivity contribution in [3.8, 4) is 5.75 Å². The van der Waals surface area contributed by atoms with Gasteiger partial charge in [0.25, 0.3) is 0 Å². The first-order chi connectivity index (χ1) is 12.5. The minimum absolute atomic E-state index is 0.0440. The van der Waals surface area contributed by atoms with Crippen LogP contribution in [0.25, 0.3) is 0 Å². The van der Waals surface area contributed by atoms with Crippen LogP contribution < -0.4 is 15.1 Å². The number of rotatable bonds is 8. The molecule has 9 nitrogen and oxygen atoms in total. The van der Waals surface area contributed by atoms with E-state index in [9.17, 15) is 19.2 Å². The molecule has 0 atom stereocenters. The third-order valence-electron chi connectivity index (χ3n) is 3.62. The molecule has 1 aromatic carbocycles. The number of halogens is 1. The van der Waals surface area contributed by atoms with Crippen molar-refractivity contribution in [2.45, 2.75) is 19.3 Å². The lowest BCUT2D eigenvalue weighted by molar-refractivity contribution is -0.154. The molecule has 26 heavy (non-hydrogen) atoms. The largest absolute Gasteiger partial charge is 0.495 e. The van der Waals surface area contributed by atoms with Gasteiger partial charge in [-0.05, 0) is 40.8 Å². The Morgan fingerprint density at radius 1 is 1.38 bits per heavy atom. The Kier molecular flexibility index (Phi) is 7.33. The summed E-state index contributed by atoms with van der Waals surface area (Å²) in [6.45, 7) is -0.0586. The molecule has 10 heteroatoms. The van der Waals surface area contributed by atoms with Crippen LogP contribution in [0.15, 0.2) is 18.2 Å². The van der Waals surface area contributed by atoms with Gasteiger partial charge in [0.1, 0.15) is 18.7 Å². The highest BCUT2D eigenvalue weighted by Gasteiger charge is 2.34. The fraction of sp³-hybridized carbons (Fsp3) is 0.375. The number of imide groups is 1. The molecule has 0 spiro atoms. The van der Waals surface area contributed by atoms with Gasteiger partial charge < -0.3 is 14.4 Å². The van der Waals surface area contributed by atoms with Gasteiger partial charge in [0.2, 0.25) is 5.91 Å². The molecule has 1 N–H and O–H groups in total. The predicted octanol–water partition coefficient (Wildman–Crippen LogP) is 1.44. The van der Waals surface area contributed by atoms with Gasteiger partial charge in [0.15, 0.2) is 0 Å². The van der Waals surface area contributed by atoms with Gasteiger partial charge in [0.05, 0.1) is 19.2 Å². The van der Waals surface area contributed by atoms with Crippen molar-refractivity contribution in [1.82, 2.24) is 10.4 Å². The topological polar surface area (TPSA) is 105 Å². The van der Waals surface area contributed by atoms with Crippen molar-refractivity contribution >= 4 is 52.5 Å². The summed E-state index contributed by atoms with van der Waals surface area (Å²) in [5.74, 6) is -0.515. The number of amides is 3. The van der Waals surface area contributed by atoms with Crippen LogP contribution in [0.4, 0.5) is 10.5 Å². The second kappa shape index (κ2) is 9.48. The molecule has 0 saturated carbocycles. The molecular weight excluding hydrogens is 457 g/mol. The van der Waals surface area contributed by atoms with Crippen LogP contribution >= 0.6 is 22.6 Å². The molecule has 1 aromatic rings. The number of aldehydes is 1. The van der Waals surface area contributed by atoms with E-state index in [2.05, 4.69) is 28.1 Å². The average Bonchev–Trinajstić information content (AvgIpc) is 2.62. The van der Waals surface area contributed by atoms with Crippen LogP contribution in [0.1, 0.15) is 19.3 Å². The number of hydrogen-bond acceptors (Lipinski definition) is 7. The molecule has 1 saturated heterocycles. The number of carbonyl (C=O) groups excluding carboxylic acids is 4. The van der Waals surface area contributed by atoms with Crippen molar-refractivity contribution in [3.05, 3.63) is 21.8 Å². The van der Waals surface area contributed by atoms with Crippen molar-refractivity contribution in [2.24, 2.45) is 0 Å². The van der Waals surface area contributed by atoms with Gasteiger partial charge in [-0.3, -0.25) is 14.5 Å². The minimum atomic E-state index is -0.648. The number of ether oxygens (including phenoxy) is 1. The predicted molar refractivity (Wildman–Crippen MR) is 99.3 cm³/mol. The number of benzene rings is 1. The highest BCUT2D eigenvalue weighted by atomic mass is 127. The SMILES string of the molecule is COc1ccc(I)cc1N1CCC(=O)N(CNOC(=O)CCC=O)C1=O. The normalized spacial score (nSPS) is 14.4. The maximum Gasteiger partial charge on any atom is 0.332 e. The van der Waals surface area contributed by atoms with Gasteiger partial charge in [-0.25, -0.2) is 9.69 Å². The lowest BCUT2D eigenvalue weighted by Gasteiger charge is -2.34. The fourth-order valence-electron chi connectivity index (χ4n) is 2.35. The zero-order valence-corrected chi connectivity index (χ0v) is 16.2. The summed E-state index contributed by atoms with van der Waals surface area (Å²) >= 11 is 2.12. The van der Waals surface area contributed by atoms with E-state index in [1.807, 2.05) is 6.07 Å². The Balaban J connectivity index is 2.06. The molecule has 140 valence electrons. The van der Waals surface area contributed by atoms with Crippen molar-refractivity contribution < 1.29 is 28.8 Å². The van der Waals surface area contributed by atoms with Gasteiger partial charge in [-0.1, -0.05) is 0 Å². The molecule has 0 radical (unpaired) electrons. The van der Waals surface area contributed by atoms with Crippen LogP contribution in [0.3, 0.4) is 0 Å². The number of carbonyl (C=O) groups is 4. The first kappa shape index (κ1) is 20.1. The van der Waals surface area contributed by atoms with E-state index in [4.69, 9.17) is 9.57 Å². The number of nitrogens with one attached hydrogen (secondary N) is 1. The van der Waals surface area contributed by atoms with E-state index in [1.165, 1.54) is 12.0 Å². The zero-order valence-electron chi connectivity index (χ0n) is 14.1. The number of urea groups is 1. The van der Waals surface area contributed by atoms with Crippen LogP contribution in [-0.4, -0.2) is 49.4 Å². The van der Waals surface area contributed by atoms with Gasteiger partial charge in [-0.2, -0.15) is 0 Å². The maximum absolute atomic E-state index is 12.7. The Hall–Kier alpha value is -2.21. The number of nitrogens with zero attached hydrogens (tertiary/aromatic N) is 2. The molecule has 2 rings (SSSR count). The van der Waals surface area contributed by atoms with E-state index in [0.29, 0.717) is 17.7 Å². The van der Waals surface area contributed by atoms with Crippen molar-refractivity contribution in [3.63, 3.8) is 0 Å². The molecule has 0 unspecified atom stereocenters. The number of anilines is 1. The average molecular weight is 475 g/mol. The first-order valence-corrected chi connectivity index (χ1v) is 8.87. The summed E-state index contributed by atoms with van der Waals surface area (Å²) in [4.78, 5) is 53.5.